The van der Waals surface area contributed by atoms with Gasteiger partial charge in [0.05, 0.1) is 11.4 Å². The van der Waals surface area contributed by atoms with Crippen molar-refractivity contribution in [3.63, 3.8) is 0 Å². The Labute approximate surface area is 135 Å². The van der Waals surface area contributed by atoms with Crippen molar-refractivity contribution in [2.24, 2.45) is 0 Å². The molecule has 0 spiro atoms. The summed E-state index contributed by atoms with van der Waals surface area (Å²) in [5, 5.41) is 11.6. The van der Waals surface area contributed by atoms with Crippen molar-refractivity contribution in [1.82, 2.24) is 25.2 Å². The number of aromatic nitrogens is 3. The monoisotopic (exact) mass is 321 g/mol. The van der Waals surface area contributed by atoms with Crippen LogP contribution in [0.3, 0.4) is 0 Å². The Balaban J connectivity index is 2.04. The van der Waals surface area contributed by atoms with Gasteiger partial charge in [0, 0.05) is 11.6 Å². The van der Waals surface area contributed by atoms with E-state index >= 15 is 0 Å². The molecule has 0 bridgehead atoms. The second kappa shape index (κ2) is 7.38. The van der Waals surface area contributed by atoms with Crippen LogP contribution in [0, 0.1) is 6.92 Å². The number of carbonyl (C=O) groups excluding carboxylic acids is 1. The summed E-state index contributed by atoms with van der Waals surface area (Å²) in [5.41, 5.74) is 1.87. The fraction of sp³-hybridized carbons (Fsp3) is 0.400. The number of nitrogens with zero attached hydrogens (tertiary/aromatic N) is 4. The first-order valence-electron chi connectivity index (χ1n) is 7.10. The molecule has 1 aromatic heterocycles. The first-order valence-corrected chi connectivity index (χ1v) is 7.48. The molecule has 1 N–H and O–H groups in total. The topological polar surface area (TPSA) is 63.1 Å². The number of rotatable bonds is 6. The van der Waals surface area contributed by atoms with E-state index in [1.165, 1.54) is 0 Å². The molecular formula is C15H20ClN5O. The summed E-state index contributed by atoms with van der Waals surface area (Å²) in [6, 6.07) is 7.23. The van der Waals surface area contributed by atoms with E-state index in [1.54, 1.807) is 16.8 Å². The lowest BCUT2D eigenvalue weighted by molar-refractivity contribution is 0.0946. The van der Waals surface area contributed by atoms with Gasteiger partial charge in [-0.1, -0.05) is 16.8 Å². The second-order valence-corrected chi connectivity index (χ2v) is 5.76. The number of carbonyl (C=O) groups is 1. The minimum absolute atomic E-state index is 0.198. The minimum atomic E-state index is -0.198. The van der Waals surface area contributed by atoms with E-state index in [0.717, 1.165) is 18.7 Å². The van der Waals surface area contributed by atoms with E-state index < -0.39 is 0 Å². The lowest BCUT2D eigenvalue weighted by Gasteiger charge is -2.09. The number of hydrogen-bond acceptors (Lipinski definition) is 4. The van der Waals surface area contributed by atoms with Crippen LogP contribution in [0.4, 0.5) is 0 Å². The lowest BCUT2D eigenvalue weighted by atomic mass is 10.3. The highest BCUT2D eigenvalue weighted by molar-refractivity contribution is 6.30. The van der Waals surface area contributed by atoms with Crippen molar-refractivity contribution in [2.45, 2.75) is 13.3 Å². The van der Waals surface area contributed by atoms with Gasteiger partial charge in [0.15, 0.2) is 5.69 Å². The highest BCUT2D eigenvalue weighted by Gasteiger charge is 2.16. The number of benzene rings is 1. The van der Waals surface area contributed by atoms with Crippen LogP contribution < -0.4 is 5.32 Å². The standard InChI is InChI=1S/C15H20ClN5O/c1-11-14(15(22)17-9-4-10-20(2)3)18-19-21(11)13-7-5-12(16)6-8-13/h5-8H,4,9-10H2,1-3H3,(H,17,22). The fourth-order valence-corrected chi connectivity index (χ4v) is 2.17. The van der Waals surface area contributed by atoms with Gasteiger partial charge >= 0.3 is 0 Å². The molecule has 0 aliphatic rings. The molecule has 2 rings (SSSR count). The molecule has 6 nitrogen and oxygen atoms in total. The zero-order chi connectivity index (χ0) is 16.1. The molecule has 0 unspecified atom stereocenters. The smallest absolute Gasteiger partial charge is 0.273 e. The summed E-state index contributed by atoms with van der Waals surface area (Å²) in [4.78, 5) is 14.2. The number of nitrogens with one attached hydrogen (secondary N) is 1. The third-order valence-electron chi connectivity index (χ3n) is 3.25. The lowest BCUT2D eigenvalue weighted by Crippen LogP contribution is -2.28. The van der Waals surface area contributed by atoms with E-state index in [0.29, 0.717) is 23.0 Å². The van der Waals surface area contributed by atoms with E-state index in [2.05, 4.69) is 20.5 Å². The SMILES string of the molecule is Cc1c(C(=O)NCCCN(C)C)nnn1-c1ccc(Cl)cc1. The van der Waals surface area contributed by atoms with Gasteiger partial charge in [0.1, 0.15) is 0 Å². The van der Waals surface area contributed by atoms with E-state index in [-0.39, 0.29) is 5.91 Å². The Hall–Kier alpha value is -1.92. The molecule has 7 heteroatoms. The van der Waals surface area contributed by atoms with Gasteiger partial charge in [-0.3, -0.25) is 4.79 Å². The zero-order valence-corrected chi connectivity index (χ0v) is 13.8. The molecule has 0 fully saturated rings. The summed E-state index contributed by atoms with van der Waals surface area (Å²) < 4.78 is 1.63. The third kappa shape index (κ3) is 4.05. The number of amides is 1. The summed E-state index contributed by atoms with van der Waals surface area (Å²) in [5.74, 6) is -0.198. The maximum atomic E-state index is 12.1. The molecule has 1 heterocycles. The third-order valence-corrected chi connectivity index (χ3v) is 3.50. The van der Waals surface area contributed by atoms with Crippen molar-refractivity contribution in [3.05, 3.63) is 40.7 Å². The van der Waals surface area contributed by atoms with Gasteiger partial charge in [0.2, 0.25) is 0 Å². The average Bonchev–Trinajstić information content (AvgIpc) is 2.86. The molecule has 0 saturated heterocycles. The Bertz CT molecular complexity index is 636. The normalized spacial score (nSPS) is 11.0. The van der Waals surface area contributed by atoms with Gasteiger partial charge in [-0.25, -0.2) is 4.68 Å². The van der Waals surface area contributed by atoms with Crippen LogP contribution in [-0.4, -0.2) is 53.0 Å². The van der Waals surface area contributed by atoms with Crippen LogP contribution in [0.25, 0.3) is 5.69 Å². The van der Waals surface area contributed by atoms with Crippen LogP contribution in [0.2, 0.25) is 5.02 Å². The van der Waals surface area contributed by atoms with Crippen molar-refractivity contribution in [1.29, 1.82) is 0 Å². The highest BCUT2D eigenvalue weighted by Crippen LogP contribution is 2.15. The number of hydrogen-bond donors (Lipinski definition) is 1. The molecule has 2 aromatic rings. The zero-order valence-electron chi connectivity index (χ0n) is 13.0. The Morgan fingerprint density at radius 2 is 2.00 bits per heavy atom. The maximum Gasteiger partial charge on any atom is 0.273 e. The summed E-state index contributed by atoms with van der Waals surface area (Å²) >= 11 is 5.87. The molecule has 0 radical (unpaired) electrons. The largest absolute Gasteiger partial charge is 0.351 e. The Kier molecular flexibility index (Phi) is 5.51. The summed E-state index contributed by atoms with van der Waals surface area (Å²) in [7, 11) is 4.01. The van der Waals surface area contributed by atoms with Gasteiger partial charge in [-0.2, -0.15) is 0 Å². The van der Waals surface area contributed by atoms with Crippen molar-refractivity contribution >= 4 is 17.5 Å². The highest BCUT2D eigenvalue weighted by atomic mass is 35.5. The molecule has 1 aromatic carbocycles. The van der Waals surface area contributed by atoms with Crippen molar-refractivity contribution in [3.8, 4) is 5.69 Å². The van der Waals surface area contributed by atoms with Crippen LogP contribution in [0.1, 0.15) is 22.6 Å². The maximum absolute atomic E-state index is 12.1. The van der Waals surface area contributed by atoms with Gasteiger partial charge < -0.3 is 10.2 Å². The quantitative estimate of drug-likeness (QED) is 0.826. The predicted molar refractivity (Wildman–Crippen MR) is 86.6 cm³/mol. The minimum Gasteiger partial charge on any atom is -0.351 e. The van der Waals surface area contributed by atoms with Gasteiger partial charge in [-0.05, 0) is 58.3 Å². The van der Waals surface area contributed by atoms with E-state index in [9.17, 15) is 4.79 Å². The second-order valence-electron chi connectivity index (χ2n) is 5.32. The Morgan fingerprint density at radius 3 is 2.64 bits per heavy atom. The molecule has 0 saturated carbocycles. The van der Waals surface area contributed by atoms with Crippen molar-refractivity contribution < 1.29 is 4.79 Å². The van der Waals surface area contributed by atoms with Gasteiger partial charge in [0.25, 0.3) is 5.91 Å². The molecule has 0 atom stereocenters. The van der Waals surface area contributed by atoms with E-state index in [1.807, 2.05) is 33.2 Å². The Morgan fingerprint density at radius 1 is 1.32 bits per heavy atom. The molecule has 118 valence electrons. The van der Waals surface area contributed by atoms with Crippen LogP contribution in [0.15, 0.2) is 24.3 Å². The molecule has 1 amide bonds. The van der Waals surface area contributed by atoms with E-state index in [4.69, 9.17) is 11.6 Å². The molecule has 0 aliphatic heterocycles. The predicted octanol–water partition coefficient (Wildman–Crippen LogP) is 1.91. The molecule has 22 heavy (non-hydrogen) atoms. The van der Waals surface area contributed by atoms with Gasteiger partial charge in [-0.15, -0.1) is 5.10 Å². The van der Waals surface area contributed by atoms with Crippen molar-refractivity contribution in [2.75, 3.05) is 27.2 Å². The first-order chi connectivity index (χ1) is 10.5. The summed E-state index contributed by atoms with van der Waals surface area (Å²) in [6.45, 7) is 3.37. The van der Waals surface area contributed by atoms with Crippen LogP contribution in [0.5, 0.6) is 0 Å². The first kappa shape index (κ1) is 16.5. The van der Waals surface area contributed by atoms with Crippen LogP contribution in [-0.2, 0) is 0 Å². The molecule has 0 aliphatic carbocycles. The fourth-order valence-electron chi connectivity index (χ4n) is 2.05. The number of halogens is 1. The van der Waals surface area contributed by atoms with Crippen LogP contribution >= 0.6 is 11.6 Å². The average molecular weight is 322 g/mol. The molecular weight excluding hydrogens is 302 g/mol. The summed E-state index contributed by atoms with van der Waals surface area (Å²) in [6.07, 6.45) is 0.892.